The number of benzene rings is 3. The highest BCUT2D eigenvalue weighted by atomic mass is 16.2. The van der Waals surface area contributed by atoms with Crippen molar-refractivity contribution in [1.29, 1.82) is 0 Å². The number of aromatic nitrogens is 4. The average molecular weight is 446 g/mol. The minimum atomic E-state index is -0.225. The first-order valence-corrected chi connectivity index (χ1v) is 11.0. The molecule has 0 atom stereocenters. The van der Waals surface area contributed by atoms with Gasteiger partial charge in [0.1, 0.15) is 18.1 Å². The van der Waals surface area contributed by atoms with Crippen LogP contribution in [0.4, 0.5) is 5.82 Å². The number of carbonyl (C=O) groups excluding carboxylic acids is 1. The largest absolute Gasteiger partial charge is 0.309 e. The van der Waals surface area contributed by atoms with Crippen LogP contribution in [0.25, 0.3) is 33.6 Å². The lowest BCUT2D eigenvalue weighted by Crippen LogP contribution is -2.20. The number of aryl methyl sites for hydroxylation is 1. The Hall–Kier alpha value is -4.58. The Labute approximate surface area is 197 Å². The number of pyridine rings is 1. The van der Waals surface area contributed by atoms with Crippen LogP contribution in [0.2, 0.25) is 0 Å². The molecule has 0 spiro atoms. The van der Waals surface area contributed by atoms with Gasteiger partial charge in [-0.1, -0.05) is 95.7 Å². The summed E-state index contributed by atoms with van der Waals surface area (Å²) in [5.41, 5.74) is 6.67. The second kappa shape index (κ2) is 9.50. The van der Waals surface area contributed by atoms with Crippen molar-refractivity contribution in [2.24, 2.45) is 0 Å². The van der Waals surface area contributed by atoms with Gasteiger partial charge in [0.15, 0.2) is 0 Å². The molecule has 0 fully saturated rings. The van der Waals surface area contributed by atoms with E-state index >= 15 is 0 Å². The Balaban J connectivity index is 1.39. The zero-order valence-corrected chi connectivity index (χ0v) is 18.7. The van der Waals surface area contributed by atoms with Crippen molar-refractivity contribution < 1.29 is 4.79 Å². The van der Waals surface area contributed by atoms with Gasteiger partial charge in [-0.3, -0.25) is 4.79 Å². The summed E-state index contributed by atoms with van der Waals surface area (Å²) in [5, 5.41) is 11.6. The van der Waals surface area contributed by atoms with Gasteiger partial charge in [0.25, 0.3) is 0 Å². The molecule has 0 bridgehead atoms. The fraction of sp³-hybridized carbons (Fsp3) is 0.0714. The molecule has 0 aliphatic heterocycles. The Kier molecular flexibility index (Phi) is 5.95. The molecule has 6 heteroatoms. The molecular formula is C28H23N5O. The van der Waals surface area contributed by atoms with Crippen LogP contribution in [0, 0.1) is 6.92 Å². The molecule has 5 aromatic rings. The van der Waals surface area contributed by atoms with Gasteiger partial charge in [0.05, 0.1) is 5.69 Å². The van der Waals surface area contributed by atoms with Crippen LogP contribution in [0.3, 0.4) is 0 Å². The Morgan fingerprint density at radius 3 is 2.06 bits per heavy atom. The van der Waals surface area contributed by atoms with E-state index in [4.69, 9.17) is 0 Å². The first kappa shape index (κ1) is 21.3. The van der Waals surface area contributed by atoms with Crippen molar-refractivity contribution >= 4 is 11.7 Å². The lowest BCUT2D eigenvalue weighted by molar-refractivity contribution is -0.116. The van der Waals surface area contributed by atoms with Gasteiger partial charge in [0.2, 0.25) is 5.91 Å². The molecular weight excluding hydrogens is 422 g/mol. The van der Waals surface area contributed by atoms with E-state index in [0.29, 0.717) is 5.82 Å². The monoisotopic (exact) mass is 445 g/mol. The highest BCUT2D eigenvalue weighted by Gasteiger charge is 2.18. The zero-order chi connectivity index (χ0) is 23.3. The van der Waals surface area contributed by atoms with Crippen LogP contribution >= 0.6 is 0 Å². The highest BCUT2D eigenvalue weighted by Crippen LogP contribution is 2.30. The second-order valence-corrected chi connectivity index (χ2v) is 8.02. The standard InChI is InChI=1S/C28H23N5O/c1-20-12-14-22(15-13-20)27-28(23-10-6-3-7-11-23)33(32-31-27)19-26(34)30-25-17-16-24(18-29-25)21-8-4-2-5-9-21/h2-18H,19H2,1H3,(H,29,30,34). The number of carbonyl (C=O) groups is 1. The average Bonchev–Trinajstić information content (AvgIpc) is 3.29. The Morgan fingerprint density at radius 2 is 1.41 bits per heavy atom. The van der Waals surface area contributed by atoms with Crippen molar-refractivity contribution in [1.82, 2.24) is 20.0 Å². The topological polar surface area (TPSA) is 72.7 Å². The van der Waals surface area contributed by atoms with Crippen LogP contribution in [-0.2, 0) is 11.3 Å². The number of nitrogens with one attached hydrogen (secondary N) is 1. The van der Waals surface area contributed by atoms with Gasteiger partial charge >= 0.3 is 0 Å². The van der Waals surface area contributed by atoms with Crippen molar-refractivity contribution in [3.05, 3.63) is 109 Å². The van der Waals surface area contributed by atoms with Gasteiger partial charge in [0, 0.05) is 22.9 Å². The molecule has 0 saturated heterocycles. The summed E-state index contributed by atoms with van der Waals surface area (Å²) in [7, 11) is 0. The first-order valence-electron chi connectivity index (χ1n) is 11.0. The van der Waals surface area contributed by atoms with E-state index in [1.165, 1.54) is 5.56 Å². The van der Waals surface area contributed by atoms with Gasteiger partial charge in [-0.15, -0.1) is 5.10 Å². The quantitative estimate of drug-likeness (QED) is 0.368. The van der Waals surface area contributed by atoms with Gasteiger partial charge < -0.3 is 5.32 Å². The second-order valence-electron chi connectivity index (χ2n) is 8.02. The molecule has 0 unspecified atom stereocenters. The van der Waals surface area contributed by atoms with E-state index in [1.54, 1.807) is 16.9 Å². The molecule has 2 heterocycles. The van der Waals surface area contributed by atoms with Crippen LogP contribution < -0.4 is 5.32 Å². The molecule has 5 rings (SSSR count). The van der Waals surface area contributed by atoms with E-state index in [0.717, 1.165) is 33.6 Å². The van der Waals surface area contributed by atoms with E-state index in [2.05, 4.69) is 20.6 Å². The van der Waals surface area contributed by atoms with E-state index in [9.17, 15) is 4.79 Å². The lowest BCUT2D eigenvalue weighted by Gasteiger charge is -2.10. The van der Waals surface area contributed by atoms with Crippen molar-refractivity contribution in [2.75, 3.05) is 5.32 Å². The minimum Gasteiger partial charge on any atom is -0.309 e. The molecule has 2 aromatic heterocycles. The summed E-state index contributed by atoms with van der Waals surface area (Å²) in [6, 6.07) is 31.7. The van der Waals surface area contributed by atoms with Gasteiger partial charge in [-0.2, -0.15) is 0 Å². The Bertz CT molecular complexity index is 1390. The van der Waals surface area contributed by atoms with Crippen molar-refractivity contribution in [3.8, 4) is 33.6 Å². The number of nitrogens with zero attached hydrogens (tertiary/aromatic N) is 4. The fourth-order valence-electron chi connectivity index (χ4n) is 3.80. The normalized spacial score (nSPS) is 10.7. The summed E-state index contributed by atoms with van der Waals surface area (Å²) in [6.07, 6.45) is 1.76. The third-order valence-corrected chi connectivity index (χ3v) is 5.54. The lowest BCUT2D eigenvalue weighted by atomic mass is 10.0. The maximum absolute atomic E-state index is 12.9. The third-order valence-electron chi connectivity index (χ3n) is 5.54. The zero-order valence-electron chi connectivity index (χ0n) is 18.7. The maximum atomic E-state index is 12.9. The smallest absolute Gasteiger partial charge is 0.247 e. The predicted octanol–water partition coefficient (Wildman–Crippen LogP) is 5.62. The summed E-state index contributed by atoms with van der Waals surface area (Å²) in [6.45, 7) is 2.06. The summed E-state index contributed by atoms with van der Waals surface area (Å²) in [5.74, 6) is 0.266. The SMILES string of the molecule is Cc1ccc(-c2nnn(CC(=O)Nc3ccc(-c4ccccc4)cn3)c2-c2ccccc2)cc1. The molecule has 6 nitrogen and oxygen atoms in total. The molecule has 3 aromatic carbocycles. The van der Waals surface area contributed by atoms with Crippen molar-refractivity contribution in [3.63, 3.8) is 0 Å². The minimum absolute atomic E-state index is 0.0191. The summed E-state index contributed by atoms with van der Waals surface area (Å²) in [4.78, 5) is 17.3. The van der Waals surface area contributed by atoms with E-state index < -0.39 is 0 Å². The molecule has 34 heavy (non-hydrogen) atoms. The predicted molar refractivity (Wildman–Crippen MR) is 134 cm³/mol. The molecule has 0 saturated carbocycles. The number of hydrogen-bond donors (Lipinski definition) is 1. The van der Waals surface area contributed by atoms with Crippen LogP contribution in [0.5, 0.6) is 0 Å². The van der Waals surface area contributed by atoms with Gasteiger partial charge in [-0.25, -0.2) is 9.67 Å². The molecule has 0 radical (unpaired) electrons. The number of amides is 1. The number of anilines is 1. The fourth-order valence-corrected chi connectivity index (χ4v) is 3.80. The first-order chi connectivity index (χ1) is 16.7. The van der Waals surface area contributed by atoms with Crippen LogP contribution in [0.1, 0.15) is 5.56 Å². The summed E-state index contributed by atoms with van der Waals surface area (Å²) < 4.78 is 1.64. The highest BCUT2D eigenvalue weighted by molar-refractivity contribution is 5.90. The number of rotatable bonds is 6. The van der Waals surface area contributed by atoms with Crippen LogP contribution in [0.15, 0.2) is 103 Å². The molecule has 1 N–H and O–H groups in total. The maximum Gasteiger partial charge on any atom is 0.247 e. The molecule has 1 amide bonds. The molecule has 0 aliphatic carbocycles. The number of hydrogen-bond acceptors (Lipinski definition) is 4. The van der Waals surface area contributed by atoms with Crippen molar-refractivity contribution in [2.45, 2.75) is 13.5 Å². The van der Waals surface area contributed by atoms with Crippen LogP contribution in [-0.4, -0.2) is 25.9 Å². The third kappa shape index (κ3) is 4.61. The Morgan fingerprint density at radius 1 is 0.765 bits per heavy atom. The van der Waals surface area contributed by atoms with E-state index in [-0.39, 0.29) is 12.5 Å². The summed E-state index contributed by atoms with van der Waals surface area (Å²) >= 11 is 0. The molecule has 0 aliphatic rings. The van der Waals surface area contributed by atoms with E-state index in [1.807, 2.05) is 97.9 Å². The molecule has 166 valence electrons. The van der Waals surface area contributed by atoms with Gasteiger partial charge in [-0.05, 0) is 24.6 Å².